The lowest BCUT2D eigenvalue weighted by Crippen LogP contribution is -2.59. The Kier molecular flexibility index (Phi) is 14.6. The fraction of sp³-hybridized carbons (Fsp3) is 0.256. The van der Waals surface area contributed by atoms with E-state index >= 15 is 0 Å². The maximum atomic E-state index is 12.9. The van der Waals surface area contributed by atoms with E-state index in [1.54, 1.807) is 36.4 Å². The van der Waals surface area contributed by atoms with Crippen LogP contribution in [0.5, 0.6) is 11.5 Å². The SMILES string of the molecule is COC(=O)C1CN(C(=O)[C@H](Cc2ccc(O)cc2)NC(=O)OCc2ccccc2)C1.O=C(N[C@@H](Cc1ccc(O)cc1)C(=O)O)OCc1ccccc1. The van der Waals surface area contributed by atoms with Crippen molar-refractivity contribution < 1.29 is 53.5 Å². The third kappa shape index (κ3) is 12.9. The number of carboxylic acid groups (broad SMARTS) is 1. The maximum Gasteiger partial charge on any atom is 0.408 e. The molecule has 1 heterocycles. The number of esters is 1. The third-order valence-electron chi connectivity index (χ3n) is 8.09. The van der Waals surface area contributed by atoms with E-state index in [0.717, 1.165) is 16.7 Å². The van der Waals surface area contributed by atoms with Crippen LogP contribution in [0.25, 0.3) is 0 Å². The number of phenolic OH excluding ortho intramolecular Hbond substituents is 2. The Balaban J connectivity index is 0.000000245. The molecule has 1 fully saturated rings. The van der Waals surface area contributed by atoms with Crippen molar-refractivity contribution >= 4 is 30.0 Å². The number of phenols is 2. The molecule has 0 aliphatic carbocycles. The minimum absolute atomic E-state index is 0.0677. The van der Waals surface area contributed by atoms with Crippen molar-refractivity contribution in [1.29, 1.82) is 0 Å². The first-order chi connectivity index (χ1) is 25.5. The van der Waals surface area contributed by atoms with E-state index in [4.69, 9.17) is 14.2 Å². The second kappa shape index (κ2) is 19.7. The van der Waals surface area contributed by atoms with E-state index in [-0.39, 0.29) is 68.4 Å². The molecule has 0 bridgehead atoms. The molecule has 1 aliphatic heterocycles. The van der Waals surface area contributed by atoms with Crippen LogP contribution in [0.1, 0.15) is 22.3 Å². The number of benzene rings is 4. The highest BCUT2D eigenvalue weighted by atomic mass is 16.6. The minimum Gasteiger partial charge on any atom is -0.508 e. The van der Waals surface area contributed by atoms with E-state index in [1.165, 1.54) is 36.3 Å². The molecule has 3 amide bonds. The highest BCUT2D eigenvalue weighted by molar-refractivity contribution is 5.88. The van der Waals surface area contributed by atoms with Gasteiger partial charge in [0.2, 0.25) is 5.91 Å². The van der Waals surface area contributed by atoms with E-state index in [1.807, 2.05) is 48.5 Å². The summed E-state index contributed by atoms with van der Waals surface area (Å²) in [5, 5.41) is 32.8. The summed E-state index contributed by atoms with van der Waals surface area (Å²) >= 11 is 0. The van der Waals surface area contributed by atoms with Crippen LogP contribution in [0, 0.1) is 5.92 Å². The summed E-state index contributed by atoms with van der Waals surface area (Å²) in [6.07, 6.45) is -1.18. The average molecular weight is 728 g/mol. The number of aromatic hydroxyl groups is 2. The first-order valence-electron chi connectivity index (χ1n) is 16.6. The predicted molar refractivity (Wildman–Crippen MR) is 190 cm³/mol. The standard InChI is InChI=1S/C22H24N2O6.C17H17NO5/c1-29-21(27)17-12-24(13-17)20(26)19(11-15-7-9-18(25)10-8-15)23-22(28)30-14-16-5-3-2-4-6-16;19-14-8-6-12(7-9-14)10-15(16(20)21)18-17(22)23-11-13-4-2-1-3-5-13/h2-10,17,19,25H,11-14H2,1H3,(H,23,28);1-9,15,19H,10-11H2,(H,18,22)(H,20,21)/t19-;15-/m00/s1. The minimum atomic E-state index is -1.16. The number of alkyl carbamates (subject to hydrolysis) is 2. The Bertz CT molecular complexity index is 1800. The topological polar surface area (TPSA) is 201 Å². The lowest BCUT2D eigenvalue weighted by atomic mass is 9.97. The van der Waals surface area contributed by atoms with Crippen molar-refractivity contribution in [3.63, 3.8) is 0 Å². The summed E-state index contributed by atoms with van der Waals surface area (Å²) in [4.78, 5) is 61.3. The first kappa shape index (κ1) is 39.2. The molecular weight excluding hydrogens is 686 g/mol. The van der Waals surface area contributed by atoms with Crippen LogP contribution >= 0.6 is 0 Å². The lowest BCUT2D eigenvalue weighted by molar-refractivity contribution is -0.156. The summed E-state index contributed by atoms with van der Waals surface area (Å²) in [7, 11) is 1.31. The molecule has 1 aliphatic rings. The van der Waals surface area contributed by atoms with Crippen molar-refractivity contribution in [2.75, 3.05) is 20.2 Å². The summed E-state index contributed by atoms with van der Waals surface area (Å²) < 4.78 is 14.9. The molecular formula is C39H41N3O11. The number of nitrogens with zero attached hydrogens (tertiary/aromatic N) is 1. The molecule has 53 heavy (non-hydrogen) atoms. The number of carbonyl (C=O) groups excluding carboxylic acids is 4. The molecule has 2 atom stereocenters. The third-order valence-corrected chi connectivity index (χ3v) is 8.09. The number of rotatable bonds is 13. The zero-order valence-corrected chi connectivity index (χ0v) is 28.9. The molecule has 0 unspecified atom stereocenters. The van der Waals surface area contributed by atoms with Crippen molar-refractivity contribution in [1.82, 2.24) is 15.5 Å². The molecule has 4 aromatic carbocycles. The van der Waals surface area contributed by atoms with Crippen molar-refractivity contribution in [2.45, 2.75) is 38.1 Å². The second-order valence-electron chi connectivity index (χ2n) is 12.1. The van der Waals surface area contributed by atoms with E-state index in [2.05, 4.69) is 10.6 Å². The number of methoxy groups -OCH3 is 1. The van der Waals surface area contributed by atoms with E-state index in [9.17, 15) is 39.3 Å². The van der Waals surface area contributed by atoms with Crippen LogP contribution in [-0.2, 0) is 54.6 Å². The van der Waals surface area contributed by atoms with Gasteiger partial charge in [0.1, 0.15) is 36.8 Å². The summed E-state index contributed by atoms with van der Waals surface area (Å²) in [6.45, 7) is 0.649. The number of carboxylic acids is 1. The van der Waals surface area contributed by atoms with Gasteiger partial charge in [-0.05, 0) is 46.5 Å². The van der Waals surface area contributed by atoms with Crippen molar-refractivity contribution in [3.05, 3.63) is 131 Å². The highest BCUT2D eigenvalue weighted by Gasteiger charge is 2.39. The fourth-order valence-corrected chi connectivity index (χ4v) is 5.14. The first-order valence-corrected chi connectivity index (χ1v) is 16.6. The van der Waals surface area contributed by atoms with Gasteiger partial charge in [0.25, 0.3) is 0 Å². The Labute approximate surface area is 305 Å². The zero-order chi connectivity index (χ0) is 38.2. The van der Waals surface area contributed by atoms with Gasteiger partial charge in [0, 0.05) is 25.9 Å². The van der Waals surface area contributed by atoms with E-state index < -0.39 is 30.2 Å². The molecule has 4 aromatic rings. The molecule has 14 heteroatoms. The zero-order valence-electron chi connectivity index (χ0n) is 28.9. The lowest BCUT2D eigenvalue weighted by Gasteiger charge is -2.39. The quantitative estimate of drug-likeness (QED) is 0.0978. The number of ether oxygens (including phenoxy) is 3. The molecule has 0 aromatic heterocycles. The molecule has 0 radical (unpaired) electrons. The van der Waals surface area contributed by atoms with Gasteiger partial charge < -0.3 is 45.1 Å². The Morgan fingerprint density at radius 1 is 0.642 bits per heavy atom. The number of hydrogen-bond donors (Lipinski definition) is 5. The average Bonchev–Trinajstić information content (AvgIpc) is 3.14. The summed E-state index contributed by atoms with van der Waals surface area (Å²) in [5.41, 5.74) is 3.09. The van der Waals surface area contributed by atoms with Crippen LogP contribution < -0.4 is 10.6 Å². The number of likely N-dealkylation sites (tertiary alicyclic amines) is 1. The van der Waals surface area contributed by atoms with Crippen molar-refractivity contribution in [3.8, 4) is 11.5 Å². The number of amides is 3. The monoisotopic (exact) mass is 727 g/mol. The molecule has 0 saturated carbocycles. The summed E-state index contributed by atoms with van der Waals surface area (Å²) in [6, 6.07) is 28.9. The molecule has 1 saturated heterocycles. The maximum absolute atomic E-state index is 12.9. The highest BCUT2D eigenvalue weighted by Crippen LogP contribution is 2.20. The fourth-order valence-electron chi connectivity index (χ4n) is 5.14. The van der Waals surface area contributed by atoms with Crippen LogP contribution in [0.4, 0.5) is 9.59 Å². The van der Waals surface area contributed by atoms with Crippen molar-refractivity contribution in [2.24, 2.45) is 5.92 Å². The number of aliphatic carboxylic acids is 1. The molecule has 5 N–H and O–H groups in total. The van der Waals surface area contributed by atoms with Gasteiger partial charge in [-0.3, -0.25) is 9.59 Å². The molecule has 5 rings (SSSR count). The van der Waals surface area contributed by atoms with Gasteiger partial charge in [-0.2, -0.15) is 0 Å². The van der Waals surface area contributed by atoms with E-state index in [0.29, 0.717) is 5.56 Å². The Hall–Kier alpha value is -6.57. The second-order valence-corrected chi connectivity index (χ2v) is 12.1. The van der Waals surface area contributed by atoms with Gasteiger partial charge in [-0.1, -0.05) is 84.9 Å². The van der Waals surface area contributed by atoms with Crippen LogP contribution in [-0.4, -0.2) is 82.5 Å². The van der Waals surface area contributed by atoms with Crippen LogP contribution in [0.3, 0.4) is 0 Å². The molecule has 278 valence electrons. The molecule has 0 spiro atoms. The largest absolute Gasteiger partial charge is 0.508 e. The van der Waals surface area contributed by atoms with Gasteiger partial charge >= 0.3 is 24.1 Å². The number of nitrogens with one attached hydrogen (secondary N) is 2. The molecule has 14 nitrogen and oxygen atoms in total. The normalized spacial score (nSPS) is 13.1. The summed E-state index contributed by atoms with van der Waals surface area (Å²) in [5.74, 6) is -1.96. The smallest absolute Gasteiger partial charge is 0.408 e. The van der Waals surface area contributed by atoms with Crippen LogP contribution in [0.15, 0.2) is 109 Å². The number of carbonyl (C=O) groups is 5. The predicted octanol–water partition coefficient (Wildman–Crippen LogP) is 4.18. The van der Waals surface area contributed by atoms with Gasteiger partial charge in [0.15, 0.2) is 0 Å². The van der Waals surface area contributed by atoms with Gasteiger partial charge in [-0.25, -0.2) is 14.4 Å². The van der Waals surface area contributed by atoms with Gasteiger partial charge in [-0.15, -0.1) is 0 Å². The number of hydrogen-bond acceptors (Lipinski definition) is 10. The van der Waals surface area contributed by atoms with Crippen LogP contribution in [0.2, 0.25) is 0 Å². The Morgan fingerprint density at radius 2 is 1.06 bits per heavy atom. The van der Waals surface area contributed by atoms with Gasteiger partial charge in [0.05, 0.1) is 13.0 Å². The Morgan fingerprint density at radius 3 is 1.47 bits per heavy atom.